The van der Waals surface area contributed by atoms with E-state index in [2.05, 4.69) is 0 Å². The normalized spacial score (nSPS) is 11.6. The summed E-state index contributed by atoms with van der Waals surface area (Å²) in [6.07, 6.45) is 0. The second-order valence-corrected chi connectivity index (χ2v) is 11.4. The lowest BCUT2D eigenvalue weighted by molar-refractivity contribution is 0.256. The third kappa shape index (κ3) is 4.98. The first-order chi connectivity index (χ1) is 16.3. The van der Waals surface area contributed by atoms with Crippen LogP contribution in [0.3, 0.4) is 0 Å². The molecule has 35 heavy (non-hydrogen) atoms. The van der Waals surface area contributed by atoms with Crippen LogP contribution in [0.25, 0.3) is 0 Å². The van der Waals surface area contributed by atoms with Crippen molar-refractivity contribution in [2.45, 2.75) is 30.6 Å². The first-order valence-electron chi connectivity index (χ1n) is 10.2. The number of carbonyl (C=O) groups is 2. The standard InChI is InChI=1S/C23H24N4O6S2/c1-15-4-10-19(11-5-15)34(30,31)26(22(24)28)18-9-8-17(3)21(14-18)27(23(25)29)35(32,33)20-12-6-16(2)7-13-20/h4-14H,1-3H3,(H2,24,28)(H2,25,29). The maximum atomic E-state index is 13.3. The summed E-state index contributed by atoms with van der Waals surface area (Å²) in [5.74, 6) is 0. The minimum atomic E-state index is -4.47. The number of amides is 4. The lowest BCUT2D eigenvalue weighted by Gasteiger charge is -2.25. The predicted molar refractivity (Wildman–Crippen MR) is 132 cm³/mol. The molecule has 4 amide bonds. The van der Waals surface area contributed by atoms with Gasteiger partial charge >= 0.3 is 12.1 Å². The largest absolute Gasteiger partial charge is 0.350 e. The van der Waals surface area contributed by atoms with Crippen LogP contribution in [0.5, 0.6) is 0 Å². The monoisotopic (exact) mass is 516 g/mol. The summed E-state index contributed by atoms with van der Waals surface area (Å²) in [7, 11) is -8.94. The Morgan fingerprint density at radius 3 is 1.43 bits per heavy atom. The van der Waals surface area contributed by atoms with Gasteiger partial charge in [0.15, 0.2) is 0 Å². The van der Waals surface area contributed by atoms with Crippen molar-refractivity contribution in [2.24, 2.45) is 11.5 Å². The average molecular weight is 517 g/mol. The second kappa shape index (κ2) is 9.39. The molecule has 10 nitrogen and oxygen atoms in total. The zero-order chi connectivity index (χ0) is 26.1. The molecule has 0 radical (unpaired) electrons. The number of urea groups is 2. The SMILES string of the molecule is Cc1ccc(S(=O)(=O)N(C(N)=O)c2ccc(C)c(N(C(N)=O)S(=O)(=O)c3ccc(C)cc3)c2)cc1. The Morgan fingerprint density at radius 1 is 0.629 bits per heavy atom. The third-order valence-electron chi connectivity index (χ3n) is 5.16. The third-order valence-corrected chi connectivity index (χ3v) is 8.63. The van der Waals surface area contributed by atoms with Crippen LogP contribution in [-0.4, -0.2) is 28.9 Å². The highest BCUT2D eigenvalue weighted by molar-refractivity contribution is 7.94. The van der Waals surface area contributed by atoms with Gasteiger partial charge in [0.1, 0.15) is 0 Å². The maximum Gasteiger partial charge on any atom is 0.333 e. The fraction of sp³-hybridized carbons (Fsp3) is 0.130. The smallest absolute Gasteiger partial charge is 0.333 e. The van der Waals surface area contributed by atoms with E-state index < -0.39 is 32.1 Å². The first-order valence-corrected chi connectivity index (χ1v) is 13.1. The molecule has 3 aromatic rings. The second-order valence-electron chi connectivity index (χ2n) is 7.81. The summed E-state index contributed by atoms with van der Waals surface area (Å²) in [5.41, 5.74) is 12.2. The van der Waals surface area contributed by atoms with E-state index in [1.54, 1.807) is 38.1 Å². The van der Waals surface area contributed by atoms with E-state index in [-0.39, 0.29) is 26.7 Å². The van der Waals surface area contributed by atoms with E-state index in [1.165, 1.54) is 43.3 Å². The topological polar surface area (TPSA) is 161 Å². The molecular formula is C23H24N4O6S2. The average Bonchev–Trinajstić information content (AvgIpc) is 2.76. The van der Waals surface area contributed by atoms with Gasteiger partial charge in [-0.15, -0.1) is 0 Å². The zero-order valence-corrected chi connectivity index (χ0v) is 20.8. The van der Waals surface area contributed by atoms with Gasteiger partial charge in [-0.05, 0) is 62.7 Å². The lowest BCUT2D eigenvalue weighted by Crippen LogP contribution is -2.42. The van der Waals surface area contributed by atoms with E-state index in [0.717, 1.165) is 17.2 Å². The first kappa shape index (κ1) is 25.7. The molecule has 0 aliphatic carbocycles. The van der Waals surface area contributed by atoms with Crippen molar-refractivity contribution in [1.29, 1.82) is 0 Å². The highest BCUT2D eigenvalue weighted by atomic mass is 32.2. The number of hydrogen-bond acceptors (Lipinski definition) is 6. The van der Waals surface area contributed by atoms with Crippen molar-refractivity contribution in [3.63, 3.8) is 0 Å². The van der Waals surface area contributed by atoms with E-state index in [1.807, 2.05) is 0 Å². The molecule has 184 valence electrons. The van der Waals surface area contributed by atoms with Crippen molar-refractivity contribution < 1.29 is 26.4 Å². The highest BCUT2D eigenvalue weighted by Gasteiger charge is 2.34. The Morgan fingerprint density at radius 2 is 1.03 bits per heavy atom. The Bertz CT molecular complexity index is 1500. The molecule has 0 atom stereocenters. The fourth-order valence-electron chi connectivity index (χ4n) is 3.33. The van der Waals surface area contributed by atoms with Crippen molar-refractivity contribution in [1.82, 2.24) is 0 Å². The molecule has 3 rings (SSSR count). The van der Waals surface area contributed by atoms with Crippen LogP contribution in [0.1, 0.15) is 16.7 Å². The van der Waals surface area contributed by atoms with Gasteiger partial charge in [0.25, 0.3) is 20.0 Å². The van der Waals surface area contributed by atoms with E-state index in [0.29, 0.717) is 8.61 Å². The van der Waals surface area contributed by atoms with Crippen LogP contribution in [0.15, 0.2) is 76.5 Å². The lowest BCUT2D eigenvalue weighted by atomic mass is 10.2. The van der Waals surface area contributed by atoms with Gasteiger partial charge in [-0.3, -0.25) is 0 Å². The van der Waals surface area contributed by atoms with Crippen molar-refractivity contribution in [3.8, 4) is 0 Å². The number of carbonyl (C=O) groups excluding carboxylic acids is 2. The Labute approximate surface area is 203 Å². The molecule has 0 fully saturated rings. The van der Waals surface area contributed by atoms with Crippen LogP contribution in [0.2, 0.25) is 0 Å². The number of anilines is 2. The molecule has 0 aromatic heterocycles. The predicted octanol–water partition coefficient (Wildman–Crippen LogP) is 3.16. The molecular weight excluding hydrogens is 492 g/mol. The number of rotatable bonds is 6. The number of benzene rings is 3. The Balaban J connectivity index is 2.20. The molecule has 0 heterocycles. The summed E-state index contributed by atoms with van der Waals surface area (Å²) >= 11 is 0. The summed E-state index contributed by atoms with van der Waals surface area (Å²) in [6, 6.07) is 12.5. The van der Waals surface area contributed by atoms with Crippen LogP contribution >= 0.6 is 0 Å². The van der Waals surface area contributed by atoms with Crippen LogP contribution < -0.4 is 20.1 Å². The van der Waals surface area contributed by atoms with E-state index >= 15 is 0 Å². The highest BCUT2D eigenvalue weighted by Crippen LogP contribution is 2.33. The molecule has 0 unspecified atom stereocenters. The maximum absolute atomic E-state index is 13.3. The molecule has 0 bridgehead atoms. The summed E-state index contributed by atoms with van der Waals surface area (Å²) in [4.78, 5) is 24.2. The van der Waals surface area contributed by atoms with Gasteiger partial charge in [0, 0.05) is 0 Å². The molecule has 3 aromatic carbocycles. The minimum absolute atomic E-state index is 0.203. The number of sulfonamides is 2. The molecule has 0 saturated carbocycles. The van der Waals surface area contributed by atoms with Gasteiger partial charge in [-0.25, -0.2) is 26.4 Å². The van der Waals surface area contributed by atoms with Crippen LogP contribution in [0, 0.1) is 20.8 Å². The Kier molecular flexibility index (Phi) is 6.90. The Hall–Kier alpha value is -3.90. The fourth-order valence-corrected chi connectivity index (χ4v) is 6.03. The van der Waals surface area contributed by atoms with Gasteiger partial charge in [0.2, 0.25) is 0 Å². The number of primary amides is 2. The van der Waals surface area contributed by atoms with Crippen molar-refractivity contribution in [3.05, 3.63) is 83.4 Å². The molecule has 4 N–H and O–H groups in total. The van der Waals surface area contributed by atoms with Gasteiger partial charge < -0.3 is 11.5 Å². The van der Waals surface area contributed by atoms with Gasteiger partial charge in [-0.1, -0.05) is 41.5 Å². The van der Waals surface area contributed by atoms with Crippen LogP contribution in [-0.2, 0) is 20.0 Å². The van der Waals surface area contributed by atoms with E-state index in [4.69, 9.17) is 11.5 Å². The molecule has 0 aliphatic heterocycles. The zero-order valence-electron chi connectivity index (χ0n) is 19.2. The number of aryl methyl sites for hydroxylation is 3. The summed E-state index contributed by atoms with van der Waals surface area (Å²) < 4.78 is 53.8. The molecule has 0 saturated heterocycles. The van der Waals surface area contributed by atoms with E-state index in [9.17, 15) is 26.4 Å². The summed E-state index contributed by atoms with van der Waals surface area (Å²) in [5, 5.41) is 0. The number of hydrogen-bond donors (Lipinski definition) is 2. The number of nitrogens with two attached hydrogens (primary N) is 2. The van der Waals surface area contributed by atoms with Gasteiger partial charge in [-0.2, -0.15) is 8.61 Å². The molecule has 12 heteroatoms. The van der Waals surface area contributed by atoms with Crippen molar-refractivity contribution in [2.75, 3.05) is 8.61 Å². The van der Waals surface area contributed by atoms with Crippen molar-refractivity contribution >= 4 is 43.5 Å². The van der Waals surface area contributed by atoms with Gasteiger partial charge in [0.05, 0.1) is 21.2 Å². The molecule has 0 spiro atoms. The summed E-state index contributed by atoms with van der Waals surface area (Å²) in [6.45, 7) is 5.03. The van der Waals surface area contributed by atoms with Crippen LogP contribution in [0.4, 0.5) is 21.0 Å². The minimum Gasteiger partial charge on any atom is -0.350 e. The molecule has 0 aliphatic rings. The number of nitrogens with zero attached hydrogens (tertiary/aromatic N) is 2. The quantitative estimate of drug-likeness (QED) is 0.511.